The highest BCUT2D eigenvalue weighted by atomic mass is 16.7. The highest BCUT2D eigenvalue weighted by molar-refractivity contribution is 5.90. The molecule has 3 fully saturated rings. The number of methoxy groups -OCH3 is 1. The molecule has 5 atom stereocenters. The first-order valence-electron chi connectivity index (χ1n) is 13.8. The average Bonchev–Trinajstić information content (AvgIpc) is 3.21. The minimum absolute atomic E-state index is 0.0412. The van der Waals surface area contributed by atoms with Crippen LogP contribution in [0.5, 0.6) is 5.75 Å². The summed E-state index contributed by atoms with van der Waals surface area (Å²) in [5.74, 6) is -1.20. The lowest BCUT2D eigenvalue weighted by molar-refractivity contribution is -1.01. The number of hydrogen-bond acceptors (Lipinski definition) is 9. The normalized spacial score (nSPS) is 27.3. The van der Waals surface area contributed by atoms with Crippen molar-refractivity contribution in [1.29, 1.82) is 0 Å². The summed E-state index contributed by atoms with van der Waals surface area (Å²) < 4.78 is 15.0. The fourth-order valence-electron chi connectivity index (χ4n) is 5.36. The summed E-state index contributed by atoms with van der Waals surface area (Å²) in [6.45, 7) is 0.393. The third kappa shape index (κ3) is 6.46. The number of hydroxylamine groups is 2. The van der Waals surface area contributed by atoms with Gasteiger partial charge in [0.2, 0.25) is 12.5 Å². The zero-order valence-corrected chi connectivity index (χ0v) is 23.1. The number of nitrogens with zero attached hydrogens (tertiary/aromatic N) is 2. The second kappa shape index (κ2) is 12.7. The van der Waals surface area contributed by atoms with E-state index in [9.17, 15) is 24.4 Å². The van der Waals surface area contributed by atoms with Crippen LogP contribution in [0.25, 0.3) is 0 Å². The molecule has 5 rings (SSSR count). The monoisotopic (exact) mass is 582 g/mol. The molecule has 4 amide bonds. The van der Waals surface area contributed by atoms with Crippen LogP contribution in [0, 0.1) is 5.21 Å². The number of quaternary nitrogens is 1. The Morgan fingerprint density at radius 2 is 1.95 bits per heavy atom. The summed E-state index contributed by atoms with van der Waals surface area (Å²) >= 11 is 0. The molecule has 0 radical (unpaired) electrons. The fraction of sp³-hybridized carbons (Fsp3) is 0.429. The van der Waals surface area contributed by atoms with Crippen LogP contribution in [-0.4, -0.2) is 78.4 Å². The molecule has 5 unspecified atom stereocenters. The molecule has 3 heterocycles. The Morgan fingerprint density at radius 1 is 1.14 bits per heavy atom. The molecule has 0 saturated carbocycles. The van der Waals surface area contributed by atoms with Gasteiger partial charge in [0.1, 0.15) is 18.3 Å². The van der Waals surface area contributed by atoms with Gasteiger partial charge in [-0.05, 0) is 17.7 Å². The number of carbonyl (C=O) groups excluding carboxylic acids is 4. The topological polar surface area (TPSA) is 170 Å². The van der Waals surface area contributed by atoms with Crippen molar-refractivity contribution in [1.82, 2.24) is 21.0 Å². The van der Waals surface area contributed by atoms with E-state index in [-0.39, 0.29) is 39.0 Å². The van der Waals surface area contributed by atoms with Crippen molar-refractivity contribution < 1.29 is 38.1 Å². The van der Waals surface area contributed by atoms with Gasteiger partial charge in [-0.25, -0.2) is 9.55 Å². The Balaban J connectivity index is 1.27. The molecular weight excluding hydrogens is 548 g/mol. The zero-order chi connectivity index (χ0) is 29.7. The maximum Gasteiger partial charge on any atom is 0.323 e. The van der Waals surface area contributed by atoms with Crippen LogP contribution < -0.4 is 26.0 Å². The number of ether oxygens (including phenoxy) is 3. The van der Waals surface area contributed by atoms with Crippen LogP contribution in [0.15, 0.2) is 54.6 Å². The quantitative estimate of drug-likeness (QED) is 0.203. The first kappa shape index (κ1) is 29.3. The fourth-order valence-corrected chi connectivity index (χ4v) is 5.36. The minimum atomic E-state index is -1.34. The molecule has 224 valence electrons. The lowest BCUT2D eigenvalue weighted by Gasteiger charge is -2.56. The Kier molecular flexibility index (Phi) is 8.87. The SMILES string of the molecule is COc1cccc(NC(=O)NC2CCC(=O)N3C(C(=O)NC4CC(=O)OC4OCc4ccccc4)NCCC[N+]23[O-])c1. The molecule has 0 aromatic heterocycles. The number of urea groups is 1. The van der Waals surface area contributed by atoms with Gasteiger partial charge in [0.25, 0.3) is 11.8 Å². The molecule has 2 aromatic carbocycles. The number of fused-ring (bicyclic) bond motifs is 1. The Morgan fingerprint density at radius 3 is 2.74 bits per heavy atom. The van der Waals surface area contributed by atoms with Gasteiger partial charge in [-0.1, -0.05) is 36.4 Å². The van der Waals surface area contributed by atoms with E-state index in [4.69, 9.17) is 14.2 Å². The lowest BCUT2D eigenvalue weighted by atomic mass is 10.1. The van der Waals surface area contributed by atoms with Crippen LogP contribution in [0.1, 0.15) is 31.2 Å². The highest BCUT2D eigenvalue weighted by Gasteiger charge is 2.51. The van der Waals surface area contributed by atoms with Gasteiger partial charge in [-0.15, -0.1) is 0 Å². The molecule has 0 aliphatic carbocycles. The Bertz CT molecular complexity index is 1310. The summed E-state index contributed by atoms with van der Waals surface area (Å²) in [6.07, 6.45) is -3.13. The van der Waals surface area contributed by atoms with Crippen molar-refractivity contribution in [2.24, 2.45) is 0 Å². The molecule has 0 bridgehead atoms. The Labute approximate surface area is 242 Å². The molecule has 3 saturated heterocycles. The van der Waals surface area contributed by atoms with Crippen molar-refractivity contribution in [3.63, 3.8) is 0 Å². The third-order valence-corrected chi connectivity index (χ3v) is 7.40. The van der Waals surface area contributed by atoms with Gasteiger partial charge in [0.05, 0.1) is 20.1 Å². The van der Waals surface area contributed by atoms with Crippen LogP contribution in [0.2, 0.25) is 0 Å². The van der Waals surface area contributed by atoms with Gasteiger partial charge in [-0.2, -0.15) is 5.01 Å². The molecule has 3 aliphatic rings. The smallest absolute Gasteiger partial charge is 0.323 e. The highest BCUT2D eigenvalue weighted by Crippen LogP contribution is 2.30. The van der Waals surface area contributed by atoms with E-state index < -0.39 is 53.2 Å². The summed E-state index contributed by atoms with van der Waals surface area (Å²) in [6, 6.07) is 14.6. The van der Waals surface area contributed by atoms with E-state index in [1.54, 1.807) is 24.3 Å². The van der Waals surface area contributed by atoms with Crippen LogP contribution >= 0.6 is 0 Å². The number of cyclic esters (lactones) is 1. The van der Waals surface area contributed by atoms with Crippen molar-refractivity contribution in [2.75, 3.05) is 25.5 Å². The summed E-state index contributed by atoms with van der Waals surface area (Å²) in [4.78, 5) is 51.7. The molecule has 3 aliphatic heterocycles. The van der Waals surface area contributed by atoms with E-state index >= 15 is 0 Å². The number of hydrogen-bond donors (Lipinski definition) is 4. The van der Waals surface area contributed by atoms with Crippen LogP contribution in [-0.2, 0) is 30.5 Å². The largest absolute Gasteiger partial charge is 0.604 e. The van der Waals surface area contributed by atoms with Crippen molar-refractivity contribution in [2.45, 2.75) is 57.0 Å². The van der Waals surface area contributed by atoms with E-state index in [0.717, 1.165) is 10.6 Å². The van der Waals surface area contributed by atoms with E-state index in [1.165, 1.54) is 7.11 Å². The minimum Gasteiger partial charge on any atom is -0.604 e. The predicted molar refractivity (Wildman–Crippen MR) is 148 cm³/mol. The van der Waals surface area contributed by atoms with Crippen molar-refractivity contribution >= 4 is 29.5 Å². The molecule has 14 heteroatoms. The van der Waals surface area contributed by atoms with Gasteiger partial charge in [0, 0.05) is 37.6 Å². The second-order valence-electron chi connectivity index (χ2n) is 10.3. The number of rotatable bonds is 8. The molecule has 42 heavy (non-hydrogen) atoms. The molecule has 2 aromatic rings. The molecular formula is C28H34N6O8. The second-order valence-corrected chi connectivity index (χ2v) is 10.3. The molecule has 14 nitrogen and oxygen atoms in total. The maximum atomic E-state index is 14.3. The predicted octanol–water partition coefficient (Wildman–Crippen LogP) is 1.29. The lowest BCUT2D eigenvalue weighted by Crippen LogP contribution is -2.75. The van der Waals surface area contributed by atoms with E-state index in [1.807, 2.05) is 30.3 Å². The van der Waals surface area contributed by atoms with Crippen molar-refractivity contribution in [3.05, 3.63) is 65.4 Å². The first-order chi connectivity index (χ1) is 20.3. The van der Waals surface area contributed by atoms with Gasteiger partial charge in [0.15, 0.2) is 6.17 Å². The number of nitrogens with one attached hydrogen (secondary N) is 4. The van der Waals surface area contributed by atoms with Crippen LogP contribution in [0.4, 0.5) is 10.5 Å². The van der Waals surface area contributed by atoms with Gasteiger partial charge < -0.3 is 30.1 Å². The van der Waals surface area contributed by atoms with Crippen molar-refractivity contribution in [3.8, 4) is 5.75 Å². The number of benzene rings is 2. The standard InChI is InChI=1S/C28H34N6O8/c1-40-20-10-5-9-19(15-20)30-28(38)32-22-11-12-23(35)33-25(29-13-6-14-34(22,33)39)26(37)31-21-16-24(36)42-27(21)41-17-18-7-3-2-4-8-18/h2-5,7-10,15,21-22,25,27,29H,6,11-14,16-17H2,1H3,(H,31,37)(H2,30,32,38). The summed E-state index contributed by atoms with van der Waals surface area (Å²) in [5, 5.41) is 26.4. The Hall–Kier alpha value is -4.24. The number of anilines is 1. The number of carbonyl (C=O) groups is 4. The van der Waals surface area contributed by atoms with Gasteiger partial charge in [-0.3, -0.25) is 25.0 Å². The summed E-state index contributed by atoms with van der Waals surface area (Å²) in [5.41, 5.74) is 1.32. The average molecular weight is 583 g/mol. The number of amides is 4. The number of esters is 1. The van der Waals surface area contributed by atoms with E-state index in [0.29, 0.717) is 17.9 Å². The third-order valence-electron chi connectivity index (χ3n) is 7.40. The van der Waals surface area contributed by atoms with Crippen LogP contribution in [0.3, 0.4) is 0 Å². The molecule has 0 spiro atoms. The summed E-state index contributed by atoms with van der Waals surface area (Å²) in [7, 11) is 1.51. The van der Waals surface area contributed by atoms with Gasteiger partial charge >= 0.3 is 12.0 Å². The zero-order valence-electron chi connectivity index (χ0n) is 23.1. The first-order valence-corrected chi connectivity index (χ1v) is 13.8. The maximum absolute atomic E-state index is 14.3. The van der Waals surface area contributed by atoms with E-state index in [2.05, 4.69) is 21.3 Å². The molecule has 4 N–H and O–H groups in total.